The third kappa shape index (κ3) is 2.89. The minimum atomic E-state index is 0.681. The zero-order valence-electron chi connectivity index (χ0n) is 14.4. The van der Waals surface area contributed by atoms with Gasteiger partial charge >= 0.3 is 0 Å². The van der Waals surface area contributed by atoms with Gasteiger partial charge in [-0.05, 0) is 24.3 Å². The summed E-state index contributed by atoms with van der Waals surface area (Å²) in [6.07, 6.45) is 13.8. The van der Waals surface area contributed by atoms with Gasteiger partial charge in [-0.2, -0.15) is 0 Å². The Morgan fingerprint density at radius 3 is 2.38 bits per heavy atom. The van der Waals surface area contributed by atoms with E-state index in [-0.39, 0.29) is 0 Å². The molecule has 0 spiro atoms. The van der Waals surface area contributed by atoms with Gasteiger partial charge in [0.05, 0.1) is 33.6 Å². The highest BCUT2D eigenvalue weighted by atomic mass is 14.9. The molecule has 4 heteroatoms. The predicted octanol–water partition coefficient (Wildman–Crippen LogP) is 5.55. The molecule has 1 aromatic carbocycles. The number of benzene rings is 1. The molecular weight excluding hydrogens is 320 g/mol. The van der Waals surface area contributed by atoms with Crippen molar-refractivity contribution in [2.24, 2.45) is 4.99 Å². The highest BCUT2D eigenvalue weighted by Crippen LogP contribution is 2.36. The predicted molar refractivity (Wildman–Crippen MR) is 113 cm³/mol. The van der Waals surface area contributed by atoms with Crippen molar-refractivity contribution < 1.29 is 0 Å². The summed E-state index contributed by atoms with van der Waals surface area (Å²) in [5.74, 6) is 0. The Morgan fingerprint density at radius 1 is 0.885 bits per heavy atom. The van der Waals surface area contributed by atoms with E-state index < -0.39 is 0 Å². The van der Waals surface area contributed by atoms with Gasteiger partial charge in [-0.15, -0.1) is 0 Å². The Morgan fingerprint density at radius 2 is 1.69 bits per heavy atom. The number of pyridine rings is 1. The van der Waals surface area contributed by atoms with Crippen LogP contribution in [0.5, 0.6) is 0 Å². The van der Waals surface area contributed by atoms with Crippen LogP contribution < -0.4 is 0 Å². The van der Waals surface area contributed by atoms with Gasteiger partial charge in [0, 0.05) is 23.4 Å². The number of aromatic nitrogens is 3. The first-order valence-electron chi connectivity index (χ1n) is 8.06. The molecule has 0 N–H and O–H groups in total. The third-order valence-electron chi connectivity index (χ3n) is 3.85. The SMILES string of the molecule is C=C/C=C\c1nc2c(nc1C=C)c(C=C)c(/N=C\C=C)c1ncccc12. The lowest BCUT2D eigenvalue weighted by molar-refractivity contribution is 1.24. The van der Waals surface area contributed by atoms with Crippen molar-refractivity contribution in [2.45, 2.75) is 0 Å². The summed E-state index contributed by atoms with van der Waals surface area (Å²) in [6, 6.07) is 3.84. The molecule has 3 aromatic rings. The molecule has 4 nitrogen and oxygen atoms in total. The molecule has 0 atom stereocenters. The van der Waals surface area contributed by atoms with E-state index >= 15 is 0 Å². The minimum Gasteiger partial charge on any atom is -0.254 e. The van der Waals surface area contributed by atoms with Crippen molar-refractivity contribution in [3.05, 3.63) is 79.8 Å². The Kier molecular flexibility index (Phi) is 4.94. The van der Waals surface area contributed by atoms with Crippen LogP contribution in [0.3, 0.4) is 0 Å². The molecule has 0 saturated carbocycles. The number of rotatable bonds is 6. The largest absolute Gasteiger partial charge is 0.254 e. The standard InChI is InChI=1S/C22H18N4/c1-5-9-12-18-17(8-4)25-21-15(7-3)19(23-13-6-2)20-16(22(21)26-18)11-10-14-24-20/h5-14H,1-4H2/b12-9-,23-13-. The summed E-state index contributed by atoms with van der Waals surface area (Å²) in [7, 11) is 0. The van der Waals surface area contributed by atoms with E-state index in [0.717, 1.165) is 27.7 Å². The van der Waals surface area contributed by atoms with Gasteiger partial charge in [0.25, 0.3) is 0 Å². The van der Waals surface area contributed by atoms with Gasteiger partial charge in [0.2, 0.25) is 0 Å². The normalized spacial score (nSPS) is 11.4. The number of fused-ring (bicyclic) bond motifs is 3. The molecule has 2 aromatic heterocycles. The molecular formula is C22H18N4. The van der Waals surface area contributed by atoms with E-state index in [4.69, 9.17) is 9.97 Å². The van der Waals surface area contributed by atoms with Crippen molar-refractivity contribution in [1.29, 1.82) is 0 Å². The first-order chi connectivity index (χ1) is 12.7. The molecule has 0 aliphatic heterocycles. The van der Waals surface area contributed by atoms with Crippen molar-refractivity contribution in [3.63, 3.8) is 0 Å². The minimum absolute atomic E-state index is 0.681. The van der Waals surface area contributed by atoms with Gasteiger partial charge in [-0.25, -0.2) is 9.97 Å². The molecule has 0 aliphatic carbocycles. The topological polar surface area (TPSA) is 51.0 Å². The lowest BCUT2D eigenvalue weighted by atomic mass is 10.0. The molecule has 0 bridgehead atoms. The first-order valence-corrected chi connectivity index (χ1v) is 8.06. The molecule has 26 heavy (non-hydrogen) atoms. The summed E-state index contributed by atoms with van der Waals surface area (Å²) in [5.41, 5.74) is 5.07. The van der Waals surface area contributed by atoms with Crippen molar-refractivity contribution in [1.82, 2.24) is 15.0 Å². The Hall–Kier alpha value is -3.66. The molecule has 126 valence electrons. The van der Waals surface area contributed by atoms with Crippen molar-refractivity contribution >= 4 is 52.1 Å². The van der Waals surface area contributed by atoms with Crippen LogP contribution in [0.15, 0.2) is 67.9 Å². The monoisotopic (exact) mass is 338 g/mol. The van der Waals surface area contributed by atoms with E-state index in [2.05, 4.69) is 36.3 Å². The lowest BCUT2D eigenvalue weighted by Crippen LogP contribution is -1.98. The summed E-state index contributed by atoms with van der Waals surface area (Å²) in [5, 5.41) is 0.876. The van der Waals surface area contributed by atoms with Crippen molar-refractivity contribution in [2.75, 3.05) is 0 Å². The van der Waals surface area contributed by atoms with E-state index in [9.17, 15) is 0 Å². The van der Waals surface area contributed by atoms with Crippen LogP contribution in [0.4, 0.5) is 5.69 Å². The fourth-order valence-electron chi connectivity index (χ4n) is 2.75. The Bertz CT molecular complexity index is 1100. The summed E-state index contributed by atoms with van der Waals surface area (Å²) < 4.78 is 0. The van der Waals surface area contributed by atoms with Crippen molar-refractivity contribution in [3.8, 4) is 0 Å². The maximum Gasteiger partial charge on any atom is 0.0996 e. The van der Waals surface area contributed by atoms with Gasteiger partial charge in [-0.1, -0.05) is 50.6 Å². The second-order valence-corrected chi connectivity index (χ2v) is 5.37. The maximum absolute atomic E-state index is 4.81. The van der Waals surface area contributed by atoms with Crippen LogP contribution in [0.1, 0.15) is 17.0 Å². The van der Waals surface area contributed by atoms with E-state index in [1.165, 1.54) is 0 Å². The van der Waals surface area contributed by atoms with E-state index in [1.54, 1.807) is 36.7 Å². The Labute approximate surface area is 152 Å². The molecule has 0 fully saturated rings. The second-order valence-electron chi connectivity index (χ2n) is 5.37. The molecule has 0 unspecified atom stereocenters. The van der Waals surface area contributed by atoms with E-state index in [1.807, 2.05) is 24.3 Å². The van der Waals surface area contributed by atoms with E-state index in [0.29, 0.717) is 16.9 Å². The molecule has 2 heterocycles. The zero-order valence-corrected chi connectivity index (χ0v) is 14.4. The van der Waals surface area contributed by atoms with Gasteiger partial charge in [-0.3, -0.25) is 9.98 Å². The fraction of sp³-hybridized carbons (Fsp3) is 0. The average Bonchev–Trinajstić information content (AvgIpc) is 2.69. The second kappa shape index (κ2) is 7.49. The maximum atomic E-state index is 4.81. The molecule has 0 saturated heterocycles. The number of aliphatic imine (C=N–C) groups is 1. The van der Waals surface area contributed by atoms with Crippen LogP contribution in [0.25, 0.3) is 40.2 Å². The van der Waals surface area contributed by atoms with Gasteiger partial charge in [0.15, 0.2) is 0 Å². The van der Waals surface area contributed by atoms with Crippen LogP contribution in [-0.4, -0.2) is 21.2 Å². The van der Waals surface area contributed by atoms with Crippen LogP contribution >= 0.6 is 0 Å². The van der Waals surface area contributed by atoms with Gasteiger partial charge in [0.1, 0.15) is 0 Å². The first kappa shape index (κ1) is 17.2. The number of hydrogen-bond donors (Lipinski definition) is 0. The smallest absolute Gasteiger partial charge is 0.0996 e. The molecule has 0 radical (unpaired) electrons. The molecule has 3 rings (SSSR count). The average molecular weight is 338 g/mol. The van der Waals surface area contributed by atoms with Crippen LogP contribution in [0, 0.1) is 0 Å². The zero-order chi connectivity index (χ0) is 18.5. The highest BCUT2D eigenvalue weighted by molar-refractivity contribution is 6.13. The lowest BCUT2D eigenvalue weighted by Gasteiger charge is -2.12. The quantitative estimate of drug-likeness (QED) is 0.336. The highest BCUT2D eigenvalue weighted by Gasteiger charge is 2.16. The summed E-state index contributed by atoms with van der Waals surface area (Å²) in [4.78, 5) is 18.6. The molecule has 0 aliphatic rings. The summed E-state index contributed by atoms with van der Waals surface area (Å²) >= 11 is 0. The van der Waals surface area contributed by atoms with Crippen LogP contribution in [0.2, 0.25) is 0 Å². The summed E-state index contributed by atoms with van der Waals surface area (Å²) in [6.45, 7) is 15.2. The number of nitrogens with zero attached hydrogens (tertiary/aromatic N) is 4. The number of allylic oxidation sites excluding steroid dienone is 3. The number of hydrogen-bond acceptors (Lipinski definition) is 4. The molecule has 0 amide bonds. The van der Waals surface area contributed by atoms with Gasteiger partial charge < -0.3 is 0 Å². The van der Waals surface area contributed by atoms with Crippen LogP contribution in [-0.2, 0) is 0 Å². The fourth-order valence-corrected chi connectivity index (χ4v) is 2.75. The third-order valence-corrected chi connectivity index (χ3v) is 3.85. The Balaban J connectivity index is 2.54.